The first kappa shape index (κ1) is 9.21. The average Bonchev–Trinajstić information content (AvgIpc) is 2.60. The lowest BCUT2D eigenvalue weighted by Crippen LogP contribution is -2.07. The zero-order valence-electron chi connectivity index (χ0n) is 8.57. The van der Waals surface area contributed by atoms with Crippen LogP contribution in [0.5, 0.6) is 0 Å². The predicted octanol–water partition coefficient (Wildman–Crippen LogP) is 1.92. The molecule has 0 bridgehead atoms. The Morgan fingerprint density at radius 3 is 2.86 bits per heavy atom. The van der Waals surface area contributed by atoms with Gasteiger partial charge >= 0.3 is 0 Å². The van der Waals surface area contributed by atoms with Crippen LogP contribution in [0, 0.1) is 0 Å². The van der Waals surface area contributed by atoms with Crippen molar-refractivity contribution in [1.29, 1.82) is 0 Å². The van der Waals surface area contributed by atoms with Gasteiger partial charge in [-0.2, -0.15) is 0 Å². The van der Waals surface area contributed by atoms with Crippen LogP contribution in [0.3, 0.4) is 0 Å². The minimum atomic E-state index is 0.421. The van der Waals surface area contributed by atoms with E-state index in [0.29, 0.717) is 12.5 Å². The highest BCUT2D eigenvalue weighted by molar-refractivity contribution is 5.47. The van der Waals surface area contributed by atoms with Crippen molar-refractivity contribution in [3.8, 4) is 0 Å². The van der Waals surface area contributed by atoms with E-state index < -0.39 is 0 Å². The second-order valence-corrected chi connectivity index (χ2v) is 3.75. The Kier molecular flexibility index (Phi) is 2.25. The molecule has 0 atom stereocenters. The normalized spacial score (nSPS) is 11.4. The van der Waals surface area contributed by atoms with Crippen LogP contribution in [0.25, 0.3) is 5.52 Å². The third-order valence-corrected chi connectivity index (χ3v) is 2.38. The highest BCUT2D eigenvalue weighted by Crippen LogP contribution is 2.17. The van der Waals surface area contributed by atoms with Gasteiger partial charge in [0.05, 0.1) is 11.7 Å². The molecular formula is C11H15N3. The zero-order chi connectivity index (χ0) is 10.1. The number of rotatable bonds is 2. The van der Waals surface area contributed by atoms with Gasteiger partial charge in [0, 0.05) is 18.2 Å². The Labute approximate surface area is 83.6 Å². The molecular weight excluding hydrogens is 174 g/mol. The SMILES string of the molecule is CC(C)c1ncc2cccc(CN)n12. The van der Waals surface area contributed by atoms with Crippen molar-refractivity contribution in [2.24, 2.45) is 5.73 Å². The second kappa shape index (κ2) is 3.42. The van der Waals surface area contributed by atoms with Gasteiger partial charge < -0.3 is 5.73 Å². The lowest BCUT2D eigenvalue weighted by atomic mass is 10.2. The third-order valence-electron chi connectivity index (χ3n) is 2.38. The maximum absolute atomic E-state index is 5.70. The van der Waals surface area contributed by atoms with Crippen molar-refractivity contribution >= 4 is 5.52 Å². The molecule has 2 aromatic rings. The summed E-state index contributed by atoms with van der Waals surface area (Å²) in [7, 11) is 0. The van der Waals surface area contributed by atoms with Crippen LogP contribution >= 0.6 is 0 Å². The third kappa shape index (κ3) is 1.30. The molecule has 0 aromatic carbocycles. The summed E-state index contributed by atoms with van der Waals surface area (Å²) >= 11 is 0. The number of imidazole rings is 1. The lowest BCUT2D eigenvalue weighted by Gasteiger charge is -2.08. The minimum absolute atomic E-state index is 0.421. The molecule has 0 aliphatic rings. The molecule has 14 heavy (non-hydrogen) atoms. The summed E-state index contributed by atoms with van der Waals surface area (Å²) in [5.74, 6) is 1.51. The number of nitrogens with two attached hydrogens (primary N) is 1. The Morgan fingerprint density at radius 1 is 1.43 bits per heavy atom. The van der Waals surface area contributed by atoms with Gasteiger partial charge in [0.2, 0.25) is 0 Å². The molecule has 0 radical (unpaired) electrons. The molecule has 0 saturated carbocycles. The Morgan fingerprint density at radius 2 is 2.21 bits per heavy atom. The van der Waals surface area contributed by atoms with Gasteiger partial charge in [0.1, 0.15) is 5.82 Å². The van der Waals surface area contributed by atoms with E-state index in [1.165, 1.54) is 0 Å². The molecule has 0 saturated heterocycles. The standard InChI is InChI=1S/C11H15N3/c1-8(2)11-13-7-10-5-3-4-9(6-12)14(10)11/h3-5,7-8H,6,12H2,1-2H3. The molecule has 0 fully saturated rings. The maximum Gasteiger partial charge on any atom is 0.116 e. The Bertz CT molecular complexity index is 443. The molecule has 2 heterocycles. The summed E-state index contributed by atoms with van der Waals surface area (Å²) in [6.07, 6.45) is 1.90. The van der Waals surface area contributed by atoms with E-state index in [-0.39, 0.29) is 0 Å². The van der Waals surface area contributed by atoms with Crippen LogP contribution in [0.2, 0.25) is 0 Å². The van der Waals surface area contributed by atoms with Crippen LogP contribution in [-0.2, 0) is 6.54 Å². The number of pyridine rings is 1. The van der Waals surface area contributed by atoms with E-state index in [2.05, 4.69) is 29.3 Å². The van der Waals surface area contributed by atoms with Crippen LogP contribution in [0.4, 0.5) is 0 Å². The van der Waals surface area contributed by atoms with Gasteiger partial charge in [-0.15, -0.1) is 0 Å². The van der Waals surface area contributed by atoms with Crippen molar-refractivity contribution < 1.29 is 0 Å². The van der Waals surface area contributed by atoms with Gasteiger partial charge in [-0.1, -0.05) is 19.9 Å². The van der Waals surface area contributed by atoms with Gasteiger partial charge in [-0.05, 0) is 12.1 Å². The molecule has 2 N–H and O–H groups in total. The molecule has 0 spiro atoms. The molecule has 0 aliphatic carbocycles. The summed E-state index contributed by atoms with van der Waals surface area (Å²) in [6, 6.07) is 6.11. The lowest BCUT2D eigenvalue weighted by molar-refractivity contribution is 0.750. The van der Waals surface area contributed by atoms with Crippen LogP contribution < -0.4 is 5.73 Å². The first-order valence-corrected chi connectivity index (χ1v) is 4.89. The van der Waals surface area contributed by atoms with E-state index in [4.69, 9.17) is 5.73 Å². The Hall–Kier alpha value is -1.35. The summed E-state index contributed by atoms with van der Waals surface area (Å²) in [5.41, 5.74) is 7.93. The second-order valence-electron chi connectivity index (χ2n) is 3.75. The fraction of sp³-hybridized carbons (Fsp3) is 0.364. The predicted molar refractivity (Wildman–Crippen MR) is 57.2 cm³/mol. The molecule has 74 valence electrons. The van der Waals surface area contributed by atoms with E-state index in [0.717, 1.165) is 17.0 Å². The molecule has 3 heteroatoms. The highest BCUT2D eigenvalue weighted by atomic mass is 15.0. The molecule has 0 aliphatic heterocycles. The number of fused-ring (bicyclic) bond motifs is 1. The Balaban J connectivity index is 2.74. The molecule has 0 unspecified atom stereocenters. The topological polar surface area (TPSA) is 43.3 Å². The van der Waals surface area contributed by atoms with E-state index in [1.54, 1.807) is 0 Å². The molecule has 2 rings (SSSR count). The summed E-state index contributed by atoms with van der Waals surface area (Å²) in [5, 5.41) is 0. The number of hydrogen-bond donors (Lipinski definition) is 1. The van der Waals surface area contributed by atoms with Crippen molar-refractivity contribution in [3.05, 3.63) is 35.9 Å². The fourth-order valence-electron chi connectivity index (χ4n) is 1.71. The number of nitrogens with zero attached hydrogens (tertiary/aromatic N) is 2. The maximum atomic E-state index is 5.70. The van der Waals surface area contributed by atoms with E-state index in [1.807, 2.05) is 18.3 Å². The minimum Gasteiger partial charge on any atom is -0.325 e. The van der Waals surface area contributed by atoms with Crippen molar-refractivity contribution in [1.82, 2.24) is 9.38 Å². The van der Waals surface area contributed by atoms with Crippen LogP contribution in [0.15, 0.2) is 24.4 Å². The van der Waals surface area contributed by atoms with Crippen molar-refractivity contribution in [3.63, 3.8) is 0 Å². The average molecular weight is 189 g/mol. The van der Waals surface area contributed by atoms with E-state index in [9.17, 15) is 0 Å². The largest absolute Gasteiger partial charge is 0.325 e. The van der Waals surface area contributed by atoms with Gasteiger partial charge in [0.15, 0.2) is 0 Å². The zero-order valence-corrected chi connectivity index (χ0v) is 8.57. The first-order chi connectivity index (χ1) is 6.74. The van der Waals surface area contributed by atoms with Crippen LogP contribution in [-0.4, -0.2) is 9.38 Å². The van der Waals surface area contributed by atoms with Gasteiger partial charge in [-0.25, -0.2) is 4.98 Å². The van der Waals surface area contributed by atoms with Gasteiger partial charge in [0.25, 0.3) is 0 Å². The van der Waals surface area contributed by atoms with E-state index >= 15 is 0 Å². The number of aromatic nitrogens is 2. The number of hydrogen-bond acceptors (Lipinski definition) is 2. The van der Waals surface area contributed by atoms with Crippen LogP contribution in [0.1, 0.15) is 31.3 Å². The molecule has 0 amide bonds. The quantitative estimate of drug-likeness (QED) is 0.784. The van der Waals surface area contributed by atoms with Crippen molar-refractivity contribution in [2.45, 2.75) is 26.3 Å². The summed E-state index contributed by atoms with van der Waals surface area (Å²) < 4.78 is 2.14. The van der Waals surface area contributed by atoms with Crippen molar-refractivity contribution in [2.75, 3.05) is 0 Å². The molecule has 2 aromatic heterocycles. The first-order valence-electron chi connectivity index (χ1n) is 4.89. The highest BCUT2D eigenvalue weighted by Gasteiger charge is 2.09. The molecule has 3 nitrogen and oxygen atoms in total. The van der Waals surface area contributed by atoms with Gasteiger partial charge in [-0.3, -0.25) is 4.40 Å². The monoisotopic (exact) mass is 189 g/mol. The summed E-state index contributed by atoms with van der Waals surface area (Å²) in [6.45, 7) is 4.83. The fourth-order valence-corrected chi connectivity index (χ4v) is 1.71. The smallest absolute Gasteiger partial charge is 0.116 e. The summed E-state index contributed by atoms with van der Waals surface area (Å²) in [4.78, 5) is 4.41.